The van der Waals surface area contributed by atoms with Gasteiger partial charge in [0.1, 0.15) is 0 Å². The van der Waals surface area contributed by atoms with Gasteiger partial charge in [-0.2, -0.15) is 5.10 Å². The van der Waals surface area contributed by atoms with Crippen LogP contribution in [0.1, 0.15) is 35.7 Å². The van der Waals surface area contributed by atoms with E-state index in [1.54, 1.807) is 12.4 Å². The maximum absolute atomic E-state index is 13.0. The van der Waals surface area contributed by atoms with Gasteiger partial charge in [-0.15, -0.1) is 0 Å². The SMILES string of the molecule is Cc1ccccc1CC(=O)N1CCC[C@H]1c1[nH]ncc1-c1ccncc1. The number of carbonyl (C=O) groups is 1. The van der Waals surface area contributed by atoms with Crippen molar-refractivity contribution in [2.24, 2.45) is 0 Å². The summed E-state index contributed by atoms with van der Waals surface area (Å²) >= 11 is 0. The lowest BCUT2D eigenvalue weighted by atomic mass is 10.0. The summed E-state index contributed by atoms with van der Waals surface area (Å²) in [5.74, 6) is 0.178. The Morgan fingerprint density at radius 3 is 2.85 bits per heavy atom. The fourth-order valence-corrected chi connectivity index (χ4v) is 3.75. The number of benzene rings is 1. The van der Waals surface area contributed by atoms with Crippen molar-refractivity contribution in [1.82, 2.24) is 20.1 Å². The van der Waals surface area contributed by atoms with Gasteiger partial charge >= 0.3 is 0 Å². The zero-order valence-electron chi connectivity index (χ0n) is 14.9. The van der Waals surface area contributed by atoms with Crippen LogP contribution in [0.15, 0.2) is 55.0 Å². The third kappa shape index (κ3) is 3.12. The number of H-pyrrole nitrogens is 1. The Morgan fingerprint density at radius 1 is 1.23 bits per heavy atom. The molecule has 1 amide bonds. The van der Waals surface area contributed by atoms with E-state index in [1.807, 2.05) is 41.4 Å². The fourth-order valence-electron chi connectivity index (χ4n) is 3.75. The van der Waals surface area contributed by atoms with Gasteiger partial charge in [-0.25, -0.2) is 0 Å². The lowest BCUT2D eigenvalue weighted by Crippen LogP contribution is -2.32. The van der Waals surface area contributed by atoms with E-state index >= 15 is 0 Å². The first-order valence-corrected chi connectivity index (χ1v) is 9.01. The summed E-state index contributed by atoms with van der Waals surface area (Å²) in [5, 5.41) is 7.39. The van der Waals surface area contributed by atoms with E-state index in [-0.39, 0.29) is 11.9 Å². The molecule has 26 heavy (non-hydrogen) atoms. The molecule has 1 fully saturated rings. The third-order valence-electron chi connectivity index (χ3n) is 5.17. The van der Waals surface area contributed by atoms with Crippen molar-refractivity contribution in [1.29, 1.82) is 0 Å². The summed E-state index contributed by atoms with van der Waals surface area (Å²) in [6.45, 7) is 2.85. The Labute approximate surface area is 153 Å². The molecule has 0 radical (unpaired) electrons. The maximum atomic E-state index is 13.0. The van der Waals surface area contributed by atoms with Crippen molar-refractivity contribution in [2.75, 3.05) is 6.54 Å². The van der Waals surface area contributed by atoms with Gasteiger partial charge in [-0.05, 0) is 48.6 Å². The normalized spacial score (nSPS) is 16.8. The first-order valence-electron chi connectivity index (χ1n) is 9.01. The van der Waals surface area contributed by atoms with Crippen molar-refractivity contribution in [3.63, 3.8) is 0 Å². The van der Waals surface area contributed by atoms with E-state index < -0.39 is 0 Å². The van der Waals surface area contributed by atoms with Gasteiger partial charge in [0, 0.05) is 24.5 Å². The minimum Gasteiger partial charge on any atom is -0.334 e. The summed E-state index contributed by atoms with van der Waals surface area (Å²) < 4.78 is 0. The van der Waals surface area contributed by atoms with Crippen molar-refractivity contribution >= 4 is 5.91 Å². The van der Waals surface area contributed by atoms with Gasteiger partial charge < -0.3 is 4.90 Å². The molecular formula is C21H22N4O. The minimum atomic E-state index is 0.0529. The van der Waals surface area contributed by atoms with E-state index in [1.165, 1.54) is 0 Å². The lowest BCUT2D eigenvalue weighted by Gasteiger charge is -2.25. The third-order valence-corrected chi connectivity index (χ3v) is 5.17. The Kier molecular flexibility index (Phi) is 4.52. The van der Waals surface area contributed by atoms with Gasteiger partial charge in [-0.1, -0.05) is 24.3 Å². The second-order valence-corrected chi connectivity index (χ2v) is 6.78. The van der Waals surface area contributed by atoms with Crippen LogP contribution in [0.4, 0.5) is 0 Å². The van der Waals surface area contributed by atoms with Crippen LogP contribution in [0.3, 0.4) is 0 Å². The zero-order valence-corrected chi connectivity index (χ0v) is 14.9. The molecule has 132 valence electrons. The molecule has 0 aliphatic carbocycles. The van der Waals surface area contributed by atoms with Gasteiger partial charge in [0.2, 0.25) is 5.91 Å². The Hall–Kier alpha value is -2.95. The standard InChI is InChI=1S/C21H22N4O/c1-15-5-2-3-6-17(15)13-20(26)25-12-4-7-19(25)21-18(14-23-24-21)16-8-10-22-11-9-16/h2-3,5-6,8-11,14,19H,4,7,12-13H2,1H3,(H,23,24)/t19-/m0/s1. The first-order chi connectivity index (χ1) is 12.7. The van der Waals surface area contributed by atoms with Crippen LogP contribution in [0.25, 0.3) is 11.1 Å². The summed E-state index contributed by atoms with van der Waals surface area (Å²) in [5.41, 5.74) is 5.40. The molecule has 0 bridgehead atoms. The molecule has 2 aromatic heterocycles. The second-order valence-electron chi connectivity index (χ2n) is 6.78. The van der Waals surface area contributed by atoms with E-state index in [2.05, 4.69) is 28.2 Å². The van der Waals surface area contributed by atoms with Crippen molar-refractivity contribution in [3.8, 4) is 11.1 Å². The molecule has 1 saturated heterocycles. The highest BCUT2D eigenvalue weighted by Gasteiger charge is 2.32. The predicted molar refractivity (Wildman–Crippen MR) is 100 cm³/mol. The molecule has 0 spiro atoms. The van der Waals surface area contributed by atoms with Gasteiger partial charge in [0.05, 0.1) is 24.4 Å². The molecule has 3 aromatic rings. The van der Waals surface area contributed by atoms with E-state index in [0.29, 0.717) is 6.42 Å². The van der Waals surface area contributed by atoms with Crippen LogP contribution in [0.2, 0.25) is 0 Å². The Morgan fingerprint density at radius 2 is 2.04 bits per heavy atom. The molecule has 0 saturated carbocycles. The summed E-state index contributed by atoms with van der Waals surface area (Å²) in [6, 6.07) is 12.1. The fraction of sp³-hybridized carbons (Fsp3) is 0.286. The van der Waals surface area contributed by atoms with Crippen LogP contribution in [0, 0.1) is 6.92 Å². The summed E-state index contributed by atoms with van der Waals surface area (Å²) in [6.07, 6.45) is 7.82. The molecule has 3 heterocycles. The number of nitrogens with zero attached hydrogens (tertiary/aromatic N) is 3. The Bertz CT molecular complexity index is 903. The smallest absolute Gasteiger partial charge is 0.227 e. The quantitative estimate of drug-likeness (QED) is 0.784. The molecule has 1 aromatic carbocycles. The number of aromatic nitrogens is 3. The van der Waals surface area contributed by atoms with Crippen molar-refractivity contribution in [2.45, 2.75) is 32.2 Å². The number of aryl methyl sites for hydroxylation is 1. The first kappa shape index (κ1) is 16.5. The summed E-state index contributed by atoms with van der Waals surface area (Å²) in [7, 11) is 0. The van der Waals surface area contributed by atoms with Crippen molar-refractivity contribution < 1.29 is 4.79 Å². The topological polar surface area (TPSA) is 61.9 Å². The average molecular weight is 346 g/mol. The number of amides is 1. The number of likely N-dealkylation sites (tertiary alicyclic amines) is 1. The summed E-state index contributed by atoms with van der Waals surface area (Å²) in [4.78, 5) is 19.1. The monoisotopic (exact) mass is 346 g/mol. The number of nitrogens with one attached hydrogen (secondary N) is 1. The molecule has 1 N–H and O–H groups in total. The van der Waals surface area contributed by atoms with Gasteiger partial charge in [0.25, 0.3) is 0 Å². The molecule has 5 heteroatoms. The van der Waals surface area contributed by atoms with Crippen LogP contribution in [-0.4, -0.2) is 32.5 Å². The number of aromatic amines is 1. The molecule has 1 atom stereocenters. The van der Waals surface area contributed by atoms with E-state index in [0.717, 1.165) is 47.3 Å². The molecule has 5 nitrogen and oxygen atoms in total. The van der Waals surface area contributed by atoms with E-state index in [9.17, 15) is 4.79 Å². The van der Waals surface area contributed by atoms with Crippen LogP contribution in [-0.2, 0) is 11.2 Å². The number of hydrogen-bond acceptors (Lipinski definition) is 3. The number of pyridine rings is 1. The molecule has 1 aliphatic heterocycles. The molecule has 4 rings (SSSR count). The Balaban J connectivity index is 1.59. The largest absolute Gasteiger partial charge is 0.334 e. The number of hydrogen-bond donors (Lipinski definition) is 1. The molecule has 0 unspecified atom stereocenters. The molecular weight excluding hydrogens is 324 g/mol. The number of carbonyl (C=O) groups excluding carboxylic acids is 1. The highest BCUT2D eigenvalue weighted by atomic mass is 16.2. The van der Waals surface area contributed by atoms with Crippen LogP contribution < -0.4 is 0 Å². The van der Waals surface area contributed by atoms with Gasteiger partial charge in [0.15, 0.2) is 0 Å². The predicted octanol–water partition coefficient (Wildman–Crippen LogP) is 3.69. The zero-order chi connectivity index (χ0) is 17.9. The van der Waals surface area contributed by atoms with E-state index in [4.69, 9.17) is 0 Å². The number of rotatable bonds is 4. The average Bonchev–Trinajstić information content (AvgIpc) is 3.33. The lowest BCUT2D eigenvalue weighted by molar-refractivity contribution is -0.131. The van der Waals surface area contributed by atoms with Crippen molar-refractivity contribution in [3.05, 3.63) is 71.8 Å². The minimum absolute atomic E-state index is 0.0529. The highest BCUT2D eigenvalue weighted by molar-refractivity contribution is 5.80. The van der Waals surface area contributed by atoms with Gasteiger partial charge in [-0.3, -0.25) is 14.9 Å². The molecule has 1 aliphatic rings. The second kappa shape index (κ2) is 7.12. The van der Waals surface area contributed by atoms with Crippen LogP contribution >= 0.6 is 0 Å². The highest BCUT2D eigenvalue weighted by Crippen LogP contribution is 2.36. The van der Waals surface area contributed by atoms with Crippen LogP contribution in [0.5, 0.6) is 0 Å². The maximum Gasteiger partial charge on any atom is 0.227 e.